The molecule has 6 aromatic carbocycles. The third-order valence-corrected chi connectivity index (χ3v) is 12.9. The number of pyridine rings is 1. The maximum absolute atomic E-state index is 12.3. The molecule has 0 aliphatic heterocycles. The van der Waals surface area contributed by atoms with Crippen molar-refractivity contribution in [1.82, 2.24) is 14.5 Å². The molecule has 8 rings (SSSR count). The monoisotopic (exact) mass is 861 g/mol. The number of hydrogen-bond acceptors (Lipinski definition) is 3. The smallest absolute Gasteiger partial charge is 0.149 e. The van der Waals surface area contributed by atoms with Gasteiger partial charge in [-0.25, -0.2) is 4.98 Å². The summed E-state index contributed by atoms with van der Waals surface area (Å²) in [6.07, 6.45) is 1.87. The van der Waals surface area contributed by atoms with Gasteiger partial charge in [-0.1, -0.05) is 169 Å². The number of aryl methyl sites for hydroxylation is 1. The first kappa shape index (κ1) is 41.4. The number of aromatic hydroxyl groups is 1. The molecule has 4 heteroatoms. The van der Waals surface area contributed by atoms with Crippen molar-refractivity contribution in [2.24, 2.45) is 0 Å². The van der Waals surface area contributed by atoms with Crippen LogP contribution in [0.2, 0.25) is 0 Å². The van der Waals surface area contributed by atoms with Gasteiger partial charge in [-0.2, -0.15) is 0 Å². The van der Waals surface area contributed by atoms with E-state index in [9.17, 15) is 5.11 Å². The number of aromatic nitrogens is 3. The number of hydrogen-bond donors (Lipinski definition) is 1. The zero-order valence-electron chi connectivity index (χ0n) is 43.6. The minimum atomic E-state index is -2.51. The summed E-state index contributed by atoms with van der Waals surface area (Å²) < 4.78 is 29.4. The van der Waals surface area contributed by atoms with E-state index in [0.717, 1.165) is 66.8 Å². The van der Waals surface area contributed by atoms with E-state index in [4.69, 9.17) is 14.1 Å². The Labute approximate surface area is 392 Å². The third kappa shape index (κ3) is 9.06. The summed E-state index contributed by atoms with van der Waals surface area (Å²) in [5.74, 6) is 0.797. The first-order valence-electron chi connectivity index (χ1n) is 24.7. The van der Waals surface area contributed by atoms with E-state index >= 15 is 0 Å². The number of phenolic OH excluding ortho intramolecular Hbond substituents is 1. The maximum Gasteiger partial charge on any atom is 0.149 e. The van der Waals surface area contributed by atoms with E-state index in [1.807, 2.05) is 71.4 Å². The average molecular weight is 861 g/mol. The molecule has 0 aliphatic rings. The summed E-state index contributed by atoms with van der Waals surface area (Å²) in [5, 5.41) is 12.3. The molecule has 0 saturated heterocycles. The lowest BCUT2D eigenvalue weighted by molar-refractivity contribution is 0.466. The molecule has 0 amide bonds. The highest BCUT2D eigenvalue weighted by atomic mass is 16.3. The van der Waals surface area contributed by atoms with Crippen LogP contribution in [0.15, 0.2) is 134 Å². The van der Waals surface area contributed by atoms with E-state index in [1.54, 1.807) is 0 Å². The Morgan fingerprint density at radius 1 is 0.538 bits per heavy atom. The largest absolute Gasteiger partial charge is 0.507 e. The lowest BCUT2D eigenvalue weighted by Gasteiger charge is -2.26. The van der Waals surface area contributed by atoms with Crippen LogP contribution in [0.4, 0.5) is 0 Å². The molecule has 0 atom stereocenters. The zero-order chi connectivity index (χ0) is 49.2. The summed E-state index contributed by atoms with van der Waals surface area (Å²) in [6, 6.07) is 44.0. The van der Waals surface area contributed by atoms with Crippen LogP contribution in [0.1, 0.15) is 139 Å². The van der Waals surface area contributed by atoms with E-state index < -0.39 is 6.85 Å². The van der Waals surface area contributed by atoms with Crippen LogP contribution in [0, 0.1) is 6.85 Å². The molecule has 0 bridgehead atoms. The number of benzene rings is 6. The molecule has 4 nitrogen and oxygen atoms in total. The fourth-order valence-corrected chi connectivity index (χ4v) is 8.71. The number of rotatable bonds is 8. The first-order chi connectivity index (χ1) is 31.8. The van der Waals surface area contributed by atoms with Crippen LogP contribution in [-0.4, -0.2) is 19.6 Å². The number of phenols is 1. The van der Waals surface area contributed by atoms with Crippen molar-refractivity contribution in [1.29, 1.82) is 0 Å². The van der Waals surface area contributed by atoms with Crippen molar-refractivity contribution in [3.8, 4) is 67.5 Å². The maximum atomic E-state index is 12.3. The van der Waals surface area contributed by atoms with Crippen molar-refractivity contribution in [2.75, 3.05) is 0 Å². The highest BCUT2D eigenvalue weighted by molar-refractivity contribution is 5.97. The Morgan fingerprint density at radius 2 is 1.17 bits per heavy atom. The molecule has 2 heterocycles. The summed E-state index contributed by atoms with van der Waals surface area (Å²) >= 11 is 0. The average Bonchev–Trinajstić information content (AvgIpc) is 3.67. The Hall–Kier alpha value is -6.26. The van der Waals surface area contributed by atoms with Gasteiger partial charge in [0, 0.05) is 21.4 Å². The molecule has 8 aromatic rings. The van der Waals surface area contributed by atoms with Gasteiger partial charge in [0.2, 0.25) is 0 Å². The van der Waals surface area contributed by atoms with E-state index in [2.05, 4.69) is 157 Å². The van der Waals surface area contributed by atoms with Gasteiger partial charge in [0.25, 0.3) is 0 Å². The fourth-order valence-electron chi connectivity index (χ4n) is 8.71. The van der Waals surface area contributed by atoms with Crippen molar-refractivity contribution in [3.63, 3.8) is 0 Å². The van der Waals surface area contributed by atoms with Crippen LogP contribution in [0.5, 0.6) is 5.75 Å². The second-order valence-corrected chi connectivity index (χ2v) is 21.6. The predicted molar refractivity (Wildman–Crippen MR) is 277 cm³/mol. The van der Waals surface area contributed by atoms with Gasteiger partial charge < -0.3 is 5.11 Å². The predicted octanol–water partition coefficient (Wildman–Crippen LogP) is 16.9. The first-order valence-corrected chi connectivity index (χ1v) is 23.2. The molecule has 332 valence electrons. The minimum Gasteiger partial charge on any atom is -0.507 e. The van der Waals surface area contributed by atoms with Crippen LogP contribution in [0.25, 0.3) is 72.7 Å². The molecule has 0 unspecified atom stereocenters. The van der Waals surface area contributed by atoms with Gasteiger partial charge in [-0.3, -0.25) is 9.55 Å². The van der Waals surface area contributed by atoms with E-state index in [-0.39, 0.29) is 39.4 Å². The Bertz CT molecular complexity index is 3140. The van der Waals surface area contributed by atoms with Gasteiger partial charge in [-0.05, 0) is 145 Å². The second-order valence-electron chi connectivity index (χ2n) is 21.6. The van der Waals surface area contributed by atoms with Crippen molar-refractivity contribution < 1.29 is 9.22 Å². The molecule has 0 radical (unpaired) electrons. The summed E-state index contributed by atoms with van der Waals surface area (Å²) in [4.78, 5) is 10.4. The molecule has 0 fully saturated rings. The Balaban J connectivity index is 1.44. The van der Waals surface area contributed by atoms with Crippen LogP contribution in [0.3, 0.4) is 0 Å². The standard InChI is InChI=1S/C61H67N3O/c1-37(2)43-33-51(38(3)4)57(65)52(34-43)58-63-56-50(45-28-46(32-47(31-45)59(6,7)8)53-35-42(25-26-62-53)40-19-16-15-17-20-40)21-18-22-55(56)64(58)54-24-23-41(27-39(54)5)44-29-48(60(9,10)11)36-49(30-44)61(12,13)14/h15-38,65H,1-14H3/i5D3. The molecule has 1 N–H and O–H groups in total. The van der Waals surface area contributed by atoms with Gasteiger partial charge >= 0.3 is 0 Å². The fraction of sp³-hybridized carbons (Fsp3) is 0.311. The van der Waals surface area contributed by atoms with Gasteiger partial charge in [0.05, 0.1) is 28.0 Å². The highest BCUT2D eigenvalue weighted by Gasteiger charge is 2.26. The molecule has 65 heavy (non-hydrogen) atoms. The van der Waals surface area contributed by atoms with E-state index in [1.165, 1.54) is 11.1 Å². The minimum absolute atomic E-state index is 0.0208. The van der Waals surface area contributed by atoms with Crippen LogP contribution in [-0.2, 0) is 16.2 Å². The summed E-state index contributed by atoms with van der Waals surface area (Å²) in [7, 11) is 0. The number of imidazole rings is 1. The second kappa shape index (κ2) is 16.9. The SMILES string of the molecule is [2H]C([2H])([2H])c1cc(-c2cc(C(C)(C)C)cc(C(C)(C)C)c2)ccc1-n1c(-c2cc(C(C)C)cc(C(C)C)c2O)nc2c(-c3cc(-c4cc(-c5ccccc5)ccn4)cc(C(C)(C)C)c3)cccc21. The zero-order valence-corrected chi connectivity index (χ0v) is 40.6. The lowest BCUT2D eigenvalue weighted by Crippen LogP contribution is -2.16. The highest BCUT2D eigenvalue weighted by Crippen LogP contribution is 2.44. The van der Waals surface area contributed by atoms with Gasteiger partial charge in [0.1, 0.15) is 11.6 Å². The molecule has 0 saturated carbocycles. The van der Waals surface area contributed by atoms with Crippen molar-refractivity contribution >= 4 is 11.0 Å². The number of nitrogens with zero attached hydrogens (tertiary/aromatic N) is 3. The summed E-state index contributed by atoms with van der Waals surface area (Å²) in [6.45, 7) is 25.9. The van der Waals surface area contributed by atoms with Crippen LogP contribution >= 0.6 is 0 Å². The molecule has 2 aromatic heterocycles. The molecular weight excluding hydrogens is 791 g/mol. The number of fused-ring (bicyclic) bond motifs is 1. The van der Waals surface area contributed by atoms with Crippen LogP contribution < -0.4 is 0 Å². The lowest BCUT2D eigenvalue weighted by atomic mass is 9.79. The third-order valence-electron chi connectivity index (χ3n) is 12.9. The molecular formula is C61H67N3O. The normalized spacial score (nSPS) is 13.4. The molecule has 0 aliphatic carbocycles. The number of para-hydroxylation sites is 1. The van der Waals surface area contributed by atoms with Gasteiger partial charge in [-0.15, -0.1) is 0 Å². The Kier molecular flexibility index (Phi) is 10.8. The summed E-state index contributed by atoms with van der Waals surface area (Å²) in [5.41, 5.74) is 15.3. The van der Waals surface area contributed by atoms with Crippen molar-refractivity contribution in [2.45, 2.75) is 125 Å². The van der Waals surface area contributed by atoms with E-state index in [0.29, 0.717) is 22.6 Å². The quantitative estimate of drug-likeness (QED) is 0.166. The Morgan fingerprint density at radius 3 is 1.80 bits per heavy atom. The molecule has 0 spiro atoms. The topological polar surface area (TPSA) is 50.9 Å². The van der Waals surface area contributed by atoms with Crippen molar-refractivity contribution in [3.05, 3.63) is 167 Å². The van der Waals surface area contributed by atoms with Gasteiger partial charge in [0.15, 0.2) is 0 Å².